The van der Waals surface area contributed by atoms with E-state index in [0.29, 0.717) is 11.3 Å². The maximum absolute atomic E-state index is 12.5. The van der Waals surface area contributed by atoms with Crippen LogP contribution in [-0.2, 0) is 14.3 Å². The molecule has 3 aromatic rings. The molecular formula is C25H23NO4. The van der Waals surface area contributed by atoms with Crippen LogP contribution in [-0.4, -0.2) is 25.4 Å². The molecule has 0 spiro atoms. The zero-order valence-electron chi connectivity index (χ0n) is 16.7. The summed E-state index contributed by atoms with van der Waals surface area (Å²) < 4.78 is 16.7. The lowest BCUT2D eigenvalue weighted by molar-refractivity contribution is -0.156. The molecule has 1 aliphatic rings. The highest BCUT2D eigenvalue weighted by Gasteiger charge is 2.46. The number of hydrogen-bond donors (Lipinski definition) is 1. The van der Waals surface area contributed by atoms with Crippen LogP contribution in [0.25, 0.3) is 22.3 Å². The van der Waals surface area contributed by atoms with Crippen molar-refractivity contribution in [1.82, 2.24) is 0 Å². The Morgan fingerprint density at radius 1 is 1.07 bits per heavy atom. The molecule has 0 saturated carbocycles. The molecule has 152 valence electrons. The van der Waals surface area contributed by atoms with Gasteiger partial charge in [-0.15, -0.1) is 6.58 Å². The zero-order valence-corrected chi connectivity index (χ0v) is 16.7. The molecule has 0 amide bonds. The van der Waals surface area contributed by atoms with Gasteiger partial charge >= 0.3 is 5.97 Å². The minimum Gasteiger partial charge on any atom is -0.467 e. The second-order valence-corrected chi connectivity index (χ2v) is 7.08. The standard InChI is InChI=1S/C25H23NO4/c1-3-25(26,24(27)28-2)23-20-15-14-19(17-10-6-4-7-11-17)21(22(20)29-16-30-23)18-12-8-5-9-13-18/h3-15,23H,1,16,26H2,2H3. The van der Waals surface area contributed by atoms with Crippen molar-refractivity contribution in [3.05, 3.63) is 91.0 Å². The Kier molecular flexibility index (Phi) is 5.40. The van der Waals surface area contributed by atoms with Gasteiger partial charge in [0.2, 0.25) is 0 Å². The number of benzene rings is 3. The summed E-state index contributed by atoms with van der Waals surface area (Å²) in [7, 11) is 1.29. The first-order valence-electron chi connectivity index (χ1n) is 9.63. The first kappa shape index (κ1) is 19.9. The topological polar surface area (TPSA) is 70.8 Å². The van der Waals surface area contributed by atoms with Gasteiger partial charge in [-0.3, -0.25) is 0 Å². The van der Waals surface area contributed by atoms with E-state index < -0.39 is 17.6 Å². The predicted octanol–water partition coefficient (Wildman–Crippen LogP) is 4.48. The van der Waals surface area contributed by atoms with Crippen molar-refractivity contribution in [3.63, 3.8) is 0 Å². The zero-order chi connectivity index (χ0) is 21.1. The number of methoxy groups -OCH3 is 1. The Bertz CT molecular complexity index is 1070. The monoisotopic (exact) mass is 401 g/mol. The van der Waals surface area contributed by atoms with Crippen molar-refractivity contribution in [1.29, 1.82) is 0 Å². The molecular weight excluding hydrogens is 378 g/mol. The van der Waals surface area contributed by atoms with Crippen LogP contribution < -0.4 is 10.5 Å². The summed E-state index contributed by atoms with van der Waals surface area (Å²) in [6, 6.07) is 23.9. The van der Waals surface area contributed by atoms with Crippen LogP contribution in [0.4, 0.5) is 0 Å². The normalized spacial score (nSPS) is 17.2. The Morgan fingerprint density at radius 3 is 2.30 bits per heavy atom. The van der Waals surface area contributed by atoms with Gasteiger partial charge in [0.25, 0.3) is 0 Å². The fourth-order valence-electron chi connectivity index (χ4n) is 3.83. The highest BCUT2D eigenvalue weighted by atomic mass is 16.7. The molecule has 2 atom stereocenters. The van der Waals surface area contributed by atoms with Gasteiger partial charge in [-0.25, -0.2) is 4.79 Å². The highest BCUT2D eigenvalue weighted by molar-refractivity contribution is 5.90. The second-order valence-electron chi connectivity index (χ2n) is 7.08. The van der Waals surface area contributed by atoms with E-state index in [4.69, 9.17) is 19.9 Å². The van der Waals surface area contributed by atoms with Crippen LogP contribution in [0.15, 0.2) is 85.5 Å². The van der Waals surface area contributed by atoms with Gasteiger partial charge in [-0.2, -0.15) is 0 Å². The summed E-state index contributed by atoms with van der Waals surface area (Å²) in [6.07, 6.45) is 0.574. The van der Waals surface area contributed by atoms with Crippen LogP contribution in [0.1, 0.15) is 11.7 Å². The fourth-order valence-corrected chi connectivity index (χ4v) is 3.83. The molecule has 2 N–H and O–H groups in total. The molecule has 1 heterocycles. The lowest BCUT2D eigenvalue weighted by Crippen LogP contribution is -2.53. The number of nitrogens with two attached hydrogens (primary N) is 1. The highest BCUT2D eigenvalue weighted by Crippen LogP contribution is 2.48. The summed E-state index contributed by atoms with van der Waals surface area (Å²) in [6.45, 7) is 3.71. The summed E-state index contributed by atoms with van der Waals surface area (Å²) >= 11 is 0. The molecule has 5 nitrogen and oxygen atoms in total. The number of esters is 1. The van der Waals surface area contributed by atoms with E-state index in [9.17, 15) is 4.79 Å². The van der Waals surface area contributed by atoms with Crippen molar-refractivity contribution in [2.24, 2.45) is 5.73 Å². The average molecular weight is 401 g/mol. The van der Waals surface area contributed by atoms with Gasteiger partial charge in [-0.1, -0.05) is 78.9 Å². The van der Waals surface area contributed by atoms with E-state index in [1.54, 1.807) is 0 Å². The smallest absolute Gasteiger partial charge is 0.332 e. The van der Waals surface area contributed by atoms with Gasteiger partial charge < -0.3 is 19.9 Å². The van der Waals surface area contributed by atoms with Crippen LogP contribution in [0, 0.1) is 0 Å². The summed E-state index contributed by atoms with van der Waals surface area (Å²) in [5.74, 6) is 0.0168. The molecule has 1 aliphatic heterocycles. The van der Waals surface area contributed by atoms with Crippen molar-refractivity contribution in [3.8, 4) is 28.0 Å². The van der Waals surface area contributed by atoms with Crippen molar-refractivity contribution >= 4 is 5.97 Å². The Morgan fingerprint density at radius 2 is 1.70 bits per heavy atom. The first-order valence-corrected chi connectivity index (χ1v) is 9.63. The average Bonchev–Trinajstić information content (AvgIpc) is 2.82. The van der Waals surface area contributed by atoms with Crippen LogP contribution in [0.5, 0.6) is 5.75 Å². The molecule has 2 unspecified atom stereocenters. The number of hydrogen-bond acceptors (Lipinski definition) is 5. The number of fused-ring (bicyclic) bond motifs is 1. The van der Waals surface area contributed by atoms with Crippen molar-refractivity contribution in [2.75, 3.05) is 13.9 Å². The summed E-state index contributed by atoms with van der Waals surface area (Å²) in [5, 5.41) is 0. The maximum atomic E-state index is 12.5. The lowest BCUT2D eigenvalue weighted by Gasteiger charge is -2.37. The quantitative estimate of drug-likeness (QED) is 0.504. The molecule has 0 saturated heterocycles. The van der Waals surface area contributed by atoms with Crippen LogP contribution in [0.2, 0.25) is 0 Å². The minimum atomic E-state index is -1.55. The third kappa shape index (κ3) is 3.28. The lowest BCUT2D eigenvalue weighted by atomic mass is 9.83. The molecule has 3 aromatic carbocycles. The Balaban J connectivity index is 1.97. The predicted molar refractivity (Wildman–Crippen MR) is 116 cm³/mol. The second kappa shape index (κ2) is 8.14. The molecule has 4 rings (SSSR count). The van der Waals surface area contributed by atoms with Crippen LogP contribution in [0.3, 0.4) is 0 Å². The van der Waals surface area contributed by atoms with Gasteiger partial charge in [0.15, 0.2) is 12.3 Å². The number of carbonyl (C=O) groups is 1. The molecule has 30 heavy (non-hydrogen) atoms. The van der Waals surface area contributed by atoms with Gasteiger partial charge in [-0.05, 0) is 16.7 Å². The van der Waals surface area contributed by atoms with Gasteiger partial charge in [0.05, 0.1) is 7.11 Å². The van der Waals surface area contributed by atoms with Gasteiger partial charge in [0, 0.05) is 11.1 Å². The third-order valence-corrected chi connectivity index (χ3v) is 5.37. The molecule has 0 bridgehead atoms. The van der Waals surface area contributed by atoms with Gasteiger partial charge in [0.1, 0.15) is 11.9 Å². The van der Waals surface area contributed by atoms with E-state index in [1.165, 1.54) is 13.2 Å². The van der Waals surface area contributed by atoms with E-state index in [1.807, 2.05) is 60.7 Å². The van der Waals surface area contributed by atoms with Crippen molar-refractivity contribution < 1.29 is 19.0 Å². The van der Waals surface area contributed by atoms with E-state index in [2.05, 4.69) is 18.7 Å². The minimum absolute atomic E-state index is 0.0421. The van der Waals surface area contributed by atoms with E-state index in [0.717, 1.165) is 22.3 Å². The maximum Gasteiger partial charge on any atom is 0.332 e. The first-order chi connectivity index (χ1) is 14.6. The van der Waals surface area contributed by atoms with Crippen LogP contribution >= 0.6 is 0 Å². The fraction of sp³-hybridized carbons (Fsp3) is 0.160. The molecule has 0 aromatic heterocycles. The Labute approximate surface area is 175 Å². The Hall–Kier alpha value is -3.41. The van der Waals surface area contributed by atoms with Crippen molar-refractivity contribution in [2.45, 2.75) is 11.6 Å². The SMILES string of the molecule is C=CC(N)(C(=O)OC)C1OCOc2c1ccc(-c1ccccc1)c2-c1ccccc1. The molecule has 0 aliphatic carbocycles. The largest absolute Gasteiger partial charge is 0.467 e. The molecule has 0 fully saturated rings. The summed E-state index contributed by atoms with van der Waals surface area (Å²) in [4.78, 5) is 12.5. The van der Waals surface area contributed by atoms with E-state index >= 15 is 0 Å². The number of ether oxygens (including phenoxy) is 3. The number of carbonyl (C=O) groups excluding carboxylic acids is 1. The molecule has 0 radical (unpaired) electrons. The summed E-state index contributed by atoms with van der Waals surface area (Å²) in [5.41, 5.74) is 9.52. The molecule has 5 heteroatoms. The number of rotatable bonds is 5. The third-order valence-electron chi connectivity index (χ3n) is 5.37. The van der Waals surface area contributed by atoms with E-state index in [-0.39, 0.29) is 6.79 Å².